The van der Waals surface area contributed by atoms with Crippen LogP contribution in [-0.2, 0) is 9.53 Å². The summed E-state index contributed by atoms with van der Waals surface area (Å²) in [6, 6.07) is 5.39. The molecule has 2 aromatic rings. The molecular weight excluding hydrogens is 270 g/mol. The Kier molecular flexibility index (Phi) is 3.41. The van der Waals surface area contributed by atoms with Crippen LogP contribution in [0.15, 0.2) is 22.6 Å². The third-order valence-corrected chi connectivity index (χ3v) is 3.62. The van der Waals surface area contributed by atoms with Crippen molar-refractivity contribution in [2.45, 2.75) is 26.7 Å². The number of hydrogen-bond acceptors (Lipinski definition) is 4. The van der Waals surface area contributed by atoms with E-state index < -0.39 is 5.97 Å². The van der Waals surface area contributed by atoms with Gasteiger partial charge in [0.05, 0.1) is 12.3 Å². The predicted octanol–water partition coefficient (Wildman–Crippen LogP) is 3.27. The van der Waals surface area contributed by atoms with Crippen molar-refractivity contribution in [3.63, 3.8) is 0 Å². The number of ether oxygens (including phenoxy) is 1. The zero-order valence-electron chi connectivity index (χ0n) is 12.1. The van der Waals surface area contributed by atoms with Gasteiger partial charge in [0, 0.05) is 16.9 Å². The highest BCUT2D eigenvalue weighted by molar-refractivity contribution is 6.06. The maximum atomic E-state index is 11.9. The number of amides is 1. The van der Waals surface area contributed by atoms with Gasteiger partial charge in [-0.15, -0.1) is 0 Å². The van der Waals surface area contributed by atoms with Crippen LogP contribution in [0.2, 0.25) is 0 Å². The van der Waals surface area contributed by atoms with E-state index in [9.17, 15) is 9.59 Å². The van der Waals surface area contributed by atoms with E-state index in [1.165, 1.54) is 0 Å². The van der Waals surface area contributed by atoms with E-state index in [-0.39, 0.29) is 17.6 Å². The van der Waals surface area contributed by atoms with Gasteiger partial charge in [0.25, 0.3) is 0 Å². The third-order valence-electron chi connectivity index (χ3n) is 3.62. The van der Waals surface area contributed by atoms with Gasteiger partial charge >= 0.3 is 5.97 Å². The molecule has 5 heteroatoms. The van der Waals surface area contributed by atoms with Crippen LogP contribution in [0.4, 0.5) is 5.69 Å². The van der Waals surface area contributed by atoms with Crippen LogP contribution in [0.5, 0.6) is 0 Å². The summed E-state index contributed by atoms with van der Waals surface area (Å²) in [6.45, 7) is 3.84. The van der Waals surface area contributed by atoms with Gasteiger partial charge in [-0.3, -0.25) is 4.79 Å². The Morgan fingerprint density at radius 2 is 2.14 bits per heavy atom. The van der Waals surface area contributed by atoms with Gasteiger partial charge in [0.2, 0.25) is 11.7 Å². The summed E-state index contributed by atoms with van der Waals surface area (Å²) < 4.78 is 10.6. The van der Waals surface area contributed by atoms with E-state index in [2.05, 4.69) is 5.32 Å². The summed E-state index contributed by atoms with van der Waals surface area (Å²) in [5.74, 6) is -0.136. The summed E-state index contributed by atoms with van der Waals surface area (Å²) in [5.41, 5.74) is 1.94. The summed E-state index contributed by atoms with van der Waals surface area (Å²) in [6.07, 6.45) is 1.89. The minimum atomic E-state index is -0.481. The Morgan fingerprint density at radius 1 is 1.38 bits per heavy atom. The lowest BCUT2D eigenvalue weighted by Crippen LogP contribution is -2.13. The van der Waals surface area contributed by atoms with Gasteiger partial charge in [-0.05, 0) is 38.8 Å². The number of carbonyl (C=O) groups excluding carboxylic acids is 2. The van der Waals surface area contributed by atoms with Gasteiger partial charge in [-0.2, -0.15) is 0 Å². The largest absolute Gasteiger partial charge is 0.460 e. The van der Waals surface area contributed by atoms with Crippen LogP contribution in [0.3, 0.4) is 0 Å². The van der Waals surface area contributed by atoms with Gasteiger partial charge in [-0.1, -0.05) is 6.07 Å². The molecule has 1 aliphatic carbocycles. The Bertz CT molecular complexity index is 712. The van der Waals surface area contributed by atoms with Gasteiger partial charge in [0.15, 0.2) is 0 Å². The number of anilines is 1. The second-order valence-corrected chi connectivity index (χ2v) is 5.22. The molecule has 21 heavy (non-hydrogen) atoms. The van der Waals surface area contributed by atoms with Crippen LogP contribution < -0.4 is 5.32 Å². The van der Waals surface area contributed by atoms with Crippen LogP contribution in [0.25, 0.3) is 11.0 Å². The highest BCUT2D eigenvalue weighted by atomic mass is 16.5. The van der Waals surface area contributed by atoms with Crippen molar-refractivity contribution in [1.29, 1.82) is 0 Å². The first kappa shape index (κ1) is 13.7. The second kappa shape index (κ2) is 5.24. The highest BCUT2D eigenvalue weighted by Gasteiger charge is 2.30. The van der Waals surface area contributed by atoms with Gasteiger partial charge in [-0.25, -0.2) is 4.79 Å². The molecule has 3 rings (SSSR count). The number of furan rings is 1. The summed E-state index contributed by atoms with van der Waals surface area (Å²) in [7, 11) is 0. The van der Waals surface area contributed by atoms with E-state index in [0.29, 0.717) is 23.4 Å². The lowest BCUT2D eigenvalue weighted by Gasteiger charge is -2.05. The molecule has 0 unspecified atom stereocenters. The molecule has 0 radical (unpaired) electrons. The first-order valence-corrected chi connectivity index (χ1v) is 7.12. The summed E-state index contributed by atoms with van der Waals surface area (Å²) >= 11 is 0. The molecule has 110 valence electrons. The summed E-state index contributed by atoms with van der Waals surface area (Å²) in [5, 5.41) is 3.68. The SMILES string of the molecule is CCOC(=O)c1oc2cccc(NC(=O)C3CC3)c2c1C. The fourth-order valence-electron chi connectivity index (χ4n) is 2.38. The Balaban J connectivity index is 2.01. The molecule has 1 saturated carbocycles. The zero-order valence-corrected chi connectivity index (χ0v) is 12.1. The molecule has 1 heterocycles. The van der Waals surface area contributed by atoms with Crippen molar-refractivity contribution < 1.29 is 18.7 Å². The molecule has 1 aromatic carbocycles. The van der Waals surface area contributed by atoms with Crippen molar-refractivity contribution >= 4 is 28.5 Å². The van der Waals surface area contributed by atoms with Crippen LogP contribution >= 0.6 is 0 Å². The van der Waals surface area contributed by atoms with E-state index in [0.717, 1.165) is 18.2 Å². The topological polar surface area (TPSA) is 68.5 Å². The van der Waals surface area contributed by atoms with Crippen molar-refractivity contribution in [3.05, 3.63) is 29.5 Å². The molecule has 0 saturated heterocycles. The summed E-state index contributed by atoms with van der Waals surface area (Å²) in [4.78, 5) is 23.8. The number of aryl methyl sites for hydroxylation is 1. The number of rotatable bonds is 4. The molecule has 1 fully saturated rings. The number of esters is 1. The minimum Gasteiger partial charge on any atom is -0.460 e. The minimum absolute atomic E-state index is 0.0285. The molecule has 5 nitrogen and oxygen atoms in total. The molecular formula is C16H17NO4. The van der Waals surface area contributed by atoms with Gasteiger partial charge < -0.3 is 14.5 Å². The zero-order chi connectivity index (χ0) is 15.0. The Labute approximate surface area is 122 Å². The lowest BCUT2D eigenvalue weighted by atomic mass is 10.1. The smallest absolute Gasteiger partial charge is 0.374 e. The number of benzene rings is 1. The Morgan fingerprint density at radius 3 is 2.81 bits per heavy atom. The van der Waals surface area contributed by atoms with Crippen LogP contribution in [0.1, 0.15) is 35.9 Å². The average molecular weight is 287 g/mol. The molecule has 1 aliphatic rings. The molecule has 0 spiro atoms. The van der Waals surface area contributed by atoms with Crippen molar-refractivity contribution in [3.8, 4) is 0 Å². The standard InChI is InChI=1S/C16H17NO4/c1-3-20-16(19)14-9(2)13-11(5-4-6-12(13)21-14)17-15(18)10-7-8-10/h4-6,10H,3,7-8H2,1-2H3,(H,17,18). The molecule has 0 bridgehead atoms. The number of carbonyl (C=O) groups is 2. The average Bonchev–Trinajstić information content (AvgIpc) is 3.24. The molecule has 0 atom stereocenters. The first-order chi connectivity index (χ1) is 10.1. The van der Waals surface area contributed by atoms with Gasteiger partial charge in [0.1, 0.15) is 5.58 Å². The maximum absolute atomic E-state index is 11.9. The predicted molar refractivity (Wildman–Crippen MR) is 78.3 cm³/mol. The highest BCUT2D eigenvalue weighted by Crippen LogP contribution is 2.34. The second-order valence-electron chi connectivity index (χ2n) is 5.22. The first-order valence-electron chi connectivity index (χ1n) is 7.12. The van der Waals surface area contributed by atoms with E-state index >= 15 is 0 Å². The Hall–Kier alpha value is -2.30. The van der Waals surface area contributed by atoms with Crippen molar-refractivity contribution in [2.75, 3.05) is 11.9 Å². The molecule has 1 aromatic heterocycles. The number of fused-ring (bicyclic) bond motifs is 1. The molecule has 1 amide bonds. The molecule has 0 aliphatic heterocycles. The van der Waals surface area contributed by atoms with E-state index in [4.69, 9.17) is 9.15 Å². The van der Waals surface area contributed by atoms with Crippen LogP contribution in [-0.4, -0.2) is 18.5 Å². The number of hydrogen-bond donors (Lipinski definition) is 1. The quantitative estimate of drug-likeness (QED) is 0.876. The fourth-order valence-corrected chi connectivity index (χ4v) is 2.38. The van der Waals surface area contributed by atoms with Crippen molar-refractivity contribution in [1.82, 2.24) is 0 Å². The third kappa shape index (κ3) is 2.51. The van der Waals surface area contributed by atoms with Crippen LogP contribution in [0, 0.1) is 12.8 Å². The van der Waals surface area contributed by atoms with E-state index in [1.807, 2.05) is 6.07 Å². The lowest BCUT2D eigenvalue weighted by molar-refractivity contribution is -0.117. The maximum Gasteiger partial charge on any atom is 0.374 e. The monoisotopic (exact) mass is 287 g/mol. The molecule has 1 N–H and O–H groups in total. The normalized spacial score (nSPS) is 14.2. The van der Waals surface area contributed by atoms with E-state index in [1.54, 1.807) is 26.0 Å². The van der Waals surface area contributed by atoms with Crippen molar-refractivity contribution in [2.24, 2.45) is 5.92 Å². The fraction of sp³-hybridized carbons (Fsp3) is 0.375. The number of nitrogens with one attached hydrogen (secondary N) is 1.